The fraction of sp³-hybridized carbons (Fsp3) is 0.0435. The minimum atomic E-state index is -0.423. The predicted octanol–water partition coefficient (Wildman–Crippen LogP) is 6.30. The molecule has 0 saturated carbocycles. The molecule has 0 aliphatic carbocycles. The topological polar surface area (TPSA) is 63.8 Å². The van der Waals surface area contributed by atoms with Gasteiger partial charge < -0.3 is 9.15 Å². The number of benzene rings is 3. The molecule has 30 heavy (non-hydrogen) atoms. The van der Waals surface area contributed by atoms with Gasteiger partial charge in [0, 0.05) is 9.86 Å². The first-order valence-electron chi connectivity index (χ1n) is 9.07. The number of nitrogens with one attached hydrogen (secondary N) is 1. The van der Waals surface area contributed by atoms with Gasteiger partial charge in [-0.2, -0.15) is 5.10 Å². The summed E-state index contributed by atoms with van der Waals surface area (Å²) in [4.78, 5) is 12.3. The summed E-state index contributed by atoms with van der Waals surface area (Å²) >= 11 is 6.85. The highest BCUT2D eigenvalue weighted by Gasteiger charge is 2.14. The van der Waals surface area contributed by atoms with Crippen molar-refractivity contribution >= 4 is 55.0 Å². The molecular formula is C23H16Br2N2O3. The number of hydrogen-bond donors (Lipinski definition) is 1. The van der Waals surface area contributed by atoms with E-state index in [-0.39, 0.29) is 5.76 Å². The Morgan fingerprint density at radius 2 is 1.80 bits per heavy atom. The van der Waals surface area contributed by atoms with Crippen LogP contribution in [0.25, 0.3) is 11.0 Å². The van der Waals surface area contributed by atoms with E-state index in [1.165, 1.54) is 0 Å². The summed E-state index contributed by atoms with van der Waals surface area (Å²) in [6.45, 7) is 0.508. The van der Waals surface area contributed by atoms with Gasteiger partial charge in [-0.3, -0.25) is 4.79 Å². The molecule has 1 N–H and O–H groups in total. The highest BCUT2D eigenvalue weighted by molar-refractivity contribution is 9.11. The number of hydrazone groups is 1. The molecule has 0 spiro atoms. The quantitative estimate of drug-likeness (QED) is 0.236. The number of rotatable bonds is 6. The van der Waals surface area contributed by atoms with Crippen molar-refractivity contribution in [3.63, 3.8) is 0 Å². The molecule has 4 rings (SSSR count). The Labute approximate surface area is 190 Å². The van der Waals surface area contributed by atoms with Crippen LogP contribution in [0.3, 0.4) is 0 Å². The van der Waals surface area contributed by atoms with Gasteiger partial charge in [0.15, 0.2) is 5.76 Å². The first kappa shape index (κ1) is 20.4. The molecule has 0 aliphatic heterocycles. The molecule has 150 valence electrons. The number of fused-ring (bicyclic) bond motifs is 1. The predicted molar refractivity (Wildman–Crippen MR) is 124 cm³/mol. The number of carbonyl (C=O) groups is 1. The second-order valence-electron chi connectivity index (χ2n) is 6.46. The Morgan fingerprint density at radius 3 is 2.57 bits per heavy atom. The lowest BCUT2D eigenvalue weighted by Gasteiger charge is -2.06. The van der Waals surface area contributed by atoms with Crippen LogP contribution in [-0.4, -0.2) is 12.1 Å². The van der Waals surface area contributed by atoms with E-state index < -0.39 is 5.91 Å². The van der Waals surface area contributed by atoms with E-state index in [4.69, 9.17) is 9.15 Å². The molecule has 0 bridgehead atoms. The number of carbonyl (C=O) groups excluding carboxylic acids is 1. The van der Waals surface area contributed by atoms with Crippen LogP contribution in [0.1, 0.15) is 21.7 Å². The second kappa shape index (κ2) is 9.28. The zero-order valence-corrected chi connectivity index (χ0v) is 18.8. The minimum Gasteiger partial charge on any atom is -0.489 e. The molecule has 0 unspecified atom stereocenters. The van der Waals surface area contributed by atoms with Crippen LogP contribution in [-0.2, 0) is 6.61 Å². The molecule has 0 radical (unpaired) electrons. The van der Waals surface area contributed by atoms with Gasteiger partial charge >= 0.3 is 5.91 Å². The van der Waals surface area contributed by atoms with Gasteiger partial charge in [0.05, 0.1) is 10.7 Å². The molecule has 0 atom stereocenters. The van der Waals surface area contributed by atoms with Gasteiger partial charge in [-0.25, -0.2) is 5.43 Å². The fourth-order valence-corrected chi connectivity index (χ4v) is 4.14. The Balaban J connectivity index is 1.35. The fourth-order valence-electron chi connectivity index (χ4n) is 2.80. The maximum Gasteiger partial charge on any atom is 0.307 e. The molecular weight excluding hydrogens is 512 g/mol. The zero-order chi connectivity index (χ0) is 20.9. The number of ether oxygens (including phenoxy) is 1. The average Bonchev–Trinajstić information content (AvgIpc) is 3.18. The number of amides is 1. The van der Waals surface area contributed by atoms with E-state index in [1.807, 2.05) is 66.7 Å². The van der Waals surface area contributed by atoms with Gasteiger partial charge in [0.25, 0.3) is 0 Å². The SMILES string of the molecule is O=C(N/N=C\c1ccc(OCc2ccccc2)cc1)c1cc2cc(Br)cc(Br)c2o1. The Hall–Kier alpha value is -2.90. The summed E-state index contributed by atoms with van der Waals surface area (Å²) in [6, 6.07) is 22.8. The number of hydrogen-bond acceptors (Lipinski definition) is 4. The molecule has 3 aromatic carbocycles. The Kier molecular flexibility index (Phi) is 6.30. The van der Waals surface area contributed by atoms with Crippen LogP contribution < -0.4 is 10.2 Å². The summed E-state index contributed by atoms with van der Waals surface area (Å²) < 4.78 is 13.0. The smallest absolute Gasteiger partial charge is 0.307 e. The first-order valence-corrected chi connectivity index (χ1v) is 10.7. The van der Waals surface area contributed by atoms with Gasteiger partial charge in [-0.15, -0.1) is 0 Å². The zero-order valence-electron chi connectivity index (χ0n) is 15.6. The molecule has 0 saturated heterocycles. The standard InChI is InChI=1S/C23H16Br2N2O3/c24-18-10-17-11-21(30-22(17)20(25)12-18)23(28)27-26-13-15-6-8-19(9-7-15)29-14-16-4-2-1-3-5-16/h1-13H,14H2,(H,27,28)/b26-13-. The van der Waals surface area contributed by atoms with Gasteiger partial charge in [-0.05, 0) is 69.5 Å². The summed E-state index contributed by atoms with van der Waals surface area (Å²) in [6.07, 6.45) is 1.56. The van der Waals surface area contributed by atoms with Crippen molar-refractivity contribution in [3.8, 4) is 5.75 Å². The van der Waals surface area contributed by atoms with E-state index in [9.17, 15) is 4.79 Å². The maximum absolute atomic E-state index is 12.3. The lowest BCUT2D eigenvalue weighted by atomic mass is 10.2. The lowest BCUT2D eigenvalue weighted by molar-refractivity contribution is 0.0929. The van der Waals surface area contributed by atoms with E-state index in [0.717, 1.165) is 31.2 Å². The van der Waals surface area contributed by atoms with Crippen LogP contribution in [0.2, 0.25) is 0 Å². The Bertz CT molecular complexity index is 1200. The normalized spacial score (nSPS) is 11.1. The largest absolute Gasteiger partial charge is 0.489 e. The molecule has 1 amide bonds. The van der Waals surface area contributed by atoms with Crippen LogP contribution in [0.4, 0.5) is 0 Å². The van der Waals surface area contributed by atoms with E-state index in [0.29, 0.717) is 12.2 Å². The second-order valence-corrected chi connectivity index (χ2v) is 8.23. The van der Waals surface area contributed by atoms with Crippen LogP contribution in [0, 0.1) is 0 Å². The van der Waals surface area contributed by atoms with Crippen molar-refractivity contribution in [1.82, 2.24) is 5.43 Å². The number of furan rings is 1. The average molecular weight is 528 g/mol. The van der Waals surface area contributed by atoms with Crippen molar-refractivity contribution in [1.29, 1.82) is 0 Å². The molecule has 0 fully saturated rings. The van der Waals surface area contributed by atoms with Crippen molar-refractivity contribution in [2.75, 3.05) is 0 Å². The third-order valence-electron chi connectivity index (χ3n) is 4.27. The van der Waals surface area contributed by atoms with E-state index in [1.54, 1.807) is 12.3 Å². The van der Waals surface area contributed by atoms with Crippen LogP contribution in [0.5, 0.6) is 5.75 Å². The minimum absolute atomic E-state index is 0.186. The summed E-state index contributed by atoms with van der Waals surface area (Å²) in [5.41, 5.74) is 5.03. The molecule has 1 heterocycles. The summed E-state index contributed by atoms with van der Waals surface area (Å²) in [7, 11) is 0. The van der Waals surface area contributed by atoms with Crippen molar-refractivity contribution in [3.05, 3.63) is 98.6 Å². The first-order chi connectivity index (χ1) is 14.6. The van der Waals surface area contributed by atoms with Crippen molar-refractivity contribution in [2.45, 2.75) is 6.61 Å². The summed E-state index contributed by atoms with van der Waals surface area (Å²) in [5, 5.41) is 4.82. The van der Waals surface area contributed by atoms with Gasteiger partial charge in [0.1, 0.15) is 17.9 Å². The van der Waals surface area contributed by atoms with Crippen molar-refractivity contribution < 1.29 is 13.9 Å². The lowest BCUT2D eigenvalue weighted by Crippen LogP contribution is -2.16. The molecule has 5 nitrogen and oxygen atoms in total. The highest BCUT2D eigenvalue weighted by Crippen LogP contribution is 2.30. The van der Waals surface area contributed by atoms with Crippen molar-refractivity contribution in [2.24, 2.45) is 5.10 Å². The van der Waals surface area contributed by atoms with E-state index >= 15 is 0 Å². The Morgan fingerprint density at radius 1 is 1.03 bits per heavy atom. The molecule has 4 aromatic rings. The number of halogens is 2. The van der Waals surface area contributed by atoms with Gasteiger partial charge in [-0.1, -0.05) is 46.3 Å². The van der Waals surface area contributed by atoms with Crippen LogP contribution in [0.15, 0.2) is 91.3 Å². The monoisotopic (exact) mass is 526 g/mol. The van der Waals surface area contributed by atoms with Crippen LogP contribution >= 0.6 is 31.9 Å². The summed E-state index contributed by atoms with van der Waals surface area (Å²) in [5.74, 6) is 0.526. The van der Waals surface area contributed by atoms with E-state index in [2.05, 4.69) is 42.4 Å². The molecule has 1 aromatic heterocycles. The third-order valence-corrected chi connectivity index (χ3v) is 5.31. The third kappa shape index (κ3) is 4.98. The van der Waals surface area contributed by atoms with Gasteiger partial charge in [0.2, 0.25) is 0 Å². The maximum atomic E-state index is 12.3. The number of nitrogens with zero attached hydrogens (tertiary/aromatic N) is 1. The molecule has 7 heteroatoms. The molecule has 0 aliphatic rings. The highest BCUT2D eigenvalue weighted by atomic mass is 79.9.